The van der Waals surface area contributed by atoms with Crippen molar-refractivity contribution in [3.63, 3.8) is 0 Å². The molecule has 2 heteroatoms. The molecule has 0 amide bonds. The lowest BCUT2D eigenvalue weighted by Gasteiger charge is -2.21. The number of rotatable bonds is 1. The Hall–Kier alpha value is -1.31. The predicted octanol–water partition coefficient (Wildman–Crippen LogP) is 4.32. The summed E-state index contributed by atoms with van der Waals surface area (Å²) < 4.78 is 2.38. The summed E-state index contributed by atoms with van der Waals surface area (Å²) in [6.45, 7) is 16.5. The normalized spacial score (nSPS) is 12.4. The minimum Gasteiger partial charge on any atom is -0.329 e. The average Bonchev–Trinajstić information content (AvgIpc) is 2.41. The average molecular weight is 244 g/mol. The molecule has 2 rings (SSSR count). The van der Waals surface area contributed by atoms with E-state index in [-0.39, 0.29) is 5.41 Å². The molecule has 0 aliphatic carbocycles. The van der Waals surface area contributed by atoms with Crippen LogP contribution in [0, 0.1) is 33.1 Å². The van der Waals surface area contributed by atoms with E-state index in [4.69, 9.17) is 4.98 Å². The molecule has 0 aliphatic heterocycles. The summed E-state index contributed by atoms with van der Waals surface area (Å²) in [5.41, 5.74) is 6.58. The Balaban J connectivity index is 2.77. The molecule has 0 bridgehead atoms. The number of aromatic nitrogens is 2. The zero-order chi connectivity index (χ0) is 13.7. The van der Waals surface area contributed by atoms with Gasteiger partial charge in [-0.3, -0.25) is 0 Å². The van der Waals surface area contributed by atoms with Crippen LogP contribution in [0.1, 0.15) is 43.3 Å². The fourth-order valence-corrected chi connectivity index (χ4v) is 2.69. The van der Waals surface area contributed by atoms with E-state index in [2.05, 4.69) is 59.1 Å². The molecule has 98 valence electrons. The third kappa shape index (κ3) is 2.16. The SMILES string of the molecule is Cc1cc(C)c2c(C)c(C)n(CC(C)(C)C)c2n1. The van der Waals surface area contributed by atoms with Gasteiger partial charge in [0, 0.05) is 23.3 Å². The van der Waals surface area contributed by atoms with Crippen LogP contribution in [0.4, 0.5) is 0 Å². The summed E-state index contributed by atoms with van der Waals surface area (Å²) in [6.07, 6.45) is 0. The van der Waals surface area contributed by atoms with E-state index in [0.29, 0.717) is 0 Å². The van der Waals surface area contributed by atoms with Crippen LogP contribution in [0.3, 0.4) is 0 Å². The third-order valence-corrected chi connectivity index (χ3v) is 3.54. The minimum absolute atomic E-state index is 0.266. The first-order valence-corrected chi connectivity index (χ1v) is 6.64. The monoisotopic (exact) mass is 244 g/mol. The Morgan fingerprint density at radius 3 is 2.28 bits per heavy atom. The smallest absolute Gasteiger partial charge is 0.140 e. The van der Waals surface area contributed by atoms with Crippen molar-refractivity contribution in [1.29, 1.82) is 0 Å². The molecular formula is C16H24N2. The predicted molar refractivity (Wildman–Crippen MR) is 78.1 cm³/mol. The zero-order valence-corrected chi connectivity index (χ0v) is 12.7. The topological polar surface area (TPSA) is 17.8 Å². The van der Waals surface area contributed by atoms with Crippen LogP contribution in [0.2, 0.25) is 0 Å². The summed E-state index contributed by atoms with van der Waals surface area (Å²) in [5, 5.41) is 1.34. The van der Waals surface area contributed by atoms with Gasteiger partial charge in [0.15, 0.2) is 0 Å². The quantitative estimate of drug-likeness (QED) is 0.730. The fraction of sp³-hybridized carbons (Fsp3) is 0.562. The largest absolute Gasteiger partial charge is 0.329 e. The van der Waals surface area contributed by atoms with Gasteiger partial charge < -0.3 is 4.57 Å². The van der Waals surface area contributed by atoms with E-state index in [0.717, 1.165) is 17.9 Å². The molecule has 0 aliphatic rings. The van der Waals surface area contributed by atoms with Gasteiger partial charge in [-0.25, -0.2) is 4.98 Å². The van der Waals surface area contributed by atoms with Crippen LogP contribution in [0.5, 0.6) is 0 Å². The molecule has 2 nitrogen and oxygen atoms in total. The molecule has 0 spiro atoms. The zero-order valence-electron chi connectivity index (χ0n) is 12.7. The summed E-state index contributed by atoms with van der Waals surface area (Å²) >= 11 is 0. The van der Waals surface area contributed by atoms with Gasteiger partial charge in [0.2, 0.25) is 0 Å². The number of nitrogens with zero attached hydrogens (tertiary/aromatic N) is 2. The Bertz CT molecular complexity index is 598. The molecule has 2 aromatic heterocycles. The molecule has 0 unspecified atom stereocenters. The van der Waals surface area contributed by atoms with Crippen molar-refractivity contribution in [3.8, 4) is 0 Å². The first kappa shape index (κ1) is 13.1. The number of pyridine rings is 1. The second-order valence-corrected chi connectivity index (χ2v) is 6.64. The van der Waals surface area contributed by atoms with Crippen LogP contribution in [-0.2, 0) is 6.54 Å². The summed E-state index contributed by atoms with van der Waals surface area (Å²) in [4.78, 5) is 4.77. The Morgan fingerprint density at radius 2 is 1.72 bits per heavy atom. The molecule has 0 radical (unpaired) electrons. The van der Waals surface area contributed by atoms with Gasteiger partial charge in [-0.1, -0.05) is 20.8 Å². The molecule has 18 heavy (non-hydrogen) atoms. The van der Waals surface area contributed by atoms with Crippen LogP contribution >= 0.6 is 0 Å². The van der Waals surface area contributed by atoms with Crippen molar-refractivity contribution < 1.29 is 0 Å². The van der Waals surface area contributed by atoms with Gasteiger partial charge in [-0.05, 0) is 50.3 Å². The van der Waals surface area contributed by atoms with Gasteiger partial charge in [-0.2, -0.15) is 0 Å². The molecular weight excluding hydrogens is 220 g/mol. The van der Waals surface area contributed by atoms with Gasteiger partial charge >= 0.3 is 0 Å². The van der Waals surface area contributed by atoms with Crippen molar-refractivity contribution in [2.45, 2.75) is 55.0 Å². The molecule has 0 aromatic carbocycles. The molecule has 0 saturated heterocycles. The van der Waals surface area contributed by atoms with E-state index < -0.39 is 0 Å². The van der Waals surface area contributed by atoms with E-state index >= 15 is 0 Å². The lowest BCUT2D eigenvalue weighted by atomic mass is 9.97. The summed E-state index contributed by atoms with van der Waals surface area (Å²) in [6, 6.07) is 2.18. The highest BCUT2D eigenvalue weighted by Gasteiger charge is 2.19. The number of fused-ring (bicyclic) bond motifs is 1. The van der Waals surface area contributed by atoms with Crippen LogP contribution in [0.15, 0.2) is 6.07 Å². The lowest BCUT2D eigenvalue weighted by Crippen LogP contribution is -2.16. The minimum atomic E-state index is 0.266. The second kappa shape index (κ2) is 4.11. The van der Waals surface area contributed by atoms with Crippen molar-refractivity contribution >= 4 is 11.0 Å². The van der Waals surface area contributed by atoms with Crippen LogP contribution in [-0.4, -0.2) is 9.55 Å². The maximum atomic E-state index is 4.77. The van der Waals surface area contributed by atoms with Gasteiger partial charge in [0.1, 0.15) is 5.65 Å². The molecule has 2 aromatic rings. The highest BCUT2D eigenvalue weighted by molar-refractivity contribution is 5.85. The molecule has 0 saturated carbocycles. The Labute approximate surface area is 110 Å². The number of hydrogen-bond donors (Lipinski definition) is 0. The van der Waals surface area contributed by atoms with Crippen molar-refractivity contribution in [2.75, 3.05) is 0 Å². The third-order valence-electron chi connectivity index (χ3n) is 3.54. The Morgan fingerprint density at radius 1 is 1.11 bits per heavy atom. The maximum Gasteiger partial charge on any atom is 0.140 e. The molecule has 0 fully saturated rings. The van der Waals surface area contributed by atoms with Gasteiger partial charge in [0.05, 0.1) is 0 Å². The molecule has 0 atom stereocenters. The van der Waals surface area contributed by atoms with Crippen LogP contribution < -0.4 is 0 Å². The lowest BCUT2D eigenvalue weighted by molar-refractivity contribution is 0.345. The highest BCUT2D eigenvalue weighted by Crippen LogP contribution is 2.30. The standard InChI is InChI=1S/C16H24N2/c1-10-8-11(2)17-15-14(10)12(3)13(4)18(15)9-16(5,6)7/h8H,9H2,1-7H3. The summed E-state index contributed by atoms with van der Waals surface area (Å²) in [5.74, 6) is 0. The fourth-order valence-electron chi connectivity index (χ4n) is 2.69. The van der Waals surface area contributed by atoms with Gasteiger partial charge in [-0.15, -0.1) is 0 Å². The molecule has 2 heterocycles. The van der Waals surface area contributed by atoms with E-state index in [1.807, 2.05) is 0 Å². The van der Waals surface area contributed by atoms with E-state index in [1.54, 1.807) is 0 Å². The molecule has 0 N–H and O–H groups in total. The van der Waals surface area contributed by atoms with E-state index in [1.165, 1.54) is 22.2 Å². The number of aryl methyl sites for hydroxylation is 3. The van der Waals surface area contributed by atoms with Crippen molar-refractivity contribution in [3.05, 3.63) is 28.6 Å². The Kier molecular flexibility index (Phi) is 3.00. The second-order valence-electron chi connectivity index (χ2n) is 6.64. The maximum absolute atomic E-state index is 4.77. The van der Waals surface area contributed by atoms with Gasteiger partial charge in [0.25, 0.3) is 0 Å². The van der Waals surface area contributed by atoms with Crippen molar-refractivity contribution in [2.24, 2.45) is 5.41 Å². The highest BCUT2D eigenvalue weighted by atomic mass is 15.1. The first-order valence-electron chi connectivity index (χ1n) is 6.64. The van der Waals surface area contributed by atoms with Crippen molar-refractivity contribution in [1.82, 2.24) is 9.55 Å². The number of hydrogen-bond acceptors (Lipinski definition) is 1. The summed E-state index contributed by atoms with van der Waals surface area (Å²) in [7, 11) is 0. The van der Waals surface area contributed by atoms with E-state index in [9.17, 15) is 0 Å². The van der Waals surface area contributed by atoms with Crippen LogP contribution in [0.25, 0.3) is 11.0 Å². The first-order chi connectivity index (χ1) is 8.20.